The average Bonchev–Trinajstić information content (AvgIpc) is 3.10. The molecule has 0 atom stereocenters. The minimum Gasteiger partial charge on any atom is -0.298 e. The van der Waals surface area contributed by atoms with E-state index in [0.717, 1.165) is 17.0 Å². The summed E-state index contributed by atoms with van der Waals surface area (Å²) in [6.45, 7) is 8.66. The number of ketones is 1. The lowest BCUT2D eigenvalue weighted by molar-refractivity contribution is 0.102. The molecule has 0 aliphatic heterocycles. The molecule has 3 aromatic rings. The lowest BCUT2D eigenvalue weighted by Gasteiger charge is -2.08. The average molecular weight is 379 g/mol. The van der Waals surface area contributed by atoms with Crippen LogP contribution < -0.4 is 0 Å². The molecule has 0 radical (unpaired) electrons. The molecule has 2 heterocycles. The summed E-state index contributed by atoms with van der Waals surface area (Å²) in [4.78, 5) is 16.6. The number of nitrogens with zero attached hydrogens (tertiary/aromatic N) is 4. The molecule has 1 aromatic carbocycles. The smallest absolute Gasteiger partial charge is 0.192 e. The van der Waals surface area contributed by atoms with E-state index in [1.165, 1.54) is 17.3 Å². The number of thioether (sulfide) groups is 1. The van der Waals surface area contributed by atoms with Gasteiger partial charge in [-0.1, -0.05) is 56.0 Å². The van der Waals surface area contributed by atoms with Crippen LogP contribution in [-0.2, 0) is 6.54 Å². The molecular formula is C21H22N4OS. The van der Waals surface area contributed by atoms with Crippen molar-refractivity contribution in [2.24, 2.45) is 0 Å². The Kier molecular flexibility index (Phi) is 6.19. The molecule has 0 aliphatic rings. The summed E-state index contributed by atoms with van der Waals surface area (Å²) in [6.07, 6.45) is 5.24. The third-order valence-electron chi connectivity index (χ3n) is 4.20. The molecule has 27 heavy (non-hydrogen) atoms. The summed E-state index contributed by atoms with van der Waals surface area (Å²) in [7, 11) is 0. The van der Waals surface area contributed by atoms with E-state index in [0.29, 0.717) is 23.4 Å². The van der Waals surface area contributed by atoms with Crippen LogP contribution in [0.3, 0.4) is 0 Å². The number of carbonyl (C=O) groups excluding carboxylic acids is 1. The second-order valence-electron chi connectivity index (χ2n) is 6.43. The number of hydrogen-bond acceptors (Lipinski definition) is 5. The van der Waals surface area contributed by atoms with Crippen molar-refractivity contribution in [1.82, 2.24) is 19.7 Å². The van der Waals surface area contributed by atoms with E-state index in [-0.39, 0.29) is 5.78 Å². The maximum absolute atomic E-state index is 12.5. The van der Waals surface area contributed by atoms with Crippen molar-refractivity contribution in [2.75, 3.05) is 5.75 Å². The first-order valence-electron chi connectivity index (χ1n) is 8.80. The number of allylic oxidation sites excluding steroid dienone is 1. The maximum atomic E-state index is 12.5. The van der Waals surface area contributed by atoms with Gasteiger partial charge < -0.3 is 0 Å². The van der Waals surface area contributed by atoms with Gasteiger partial charge in [-0.05, 0) is 23.6 Å². The first-order valence-corrected chi connectivity index (χ1v) is 9.79. The first kappa shape index (κ1) is 19.0. The fourth-order valence-corrected chi connectivity index (χ4v) is 3.51. The molecule has 0 saturated heterocycles. The zero-order valence-corrected chi connectivity index (χ0v) is 16.3. The van der Waals surface area contributed by atoms with Crippen molar-refractivity contribution in [3.05, 3.63) is 72.6 Å². The molecule has 6 heteroatoms. The number of aromatic nitrogens is 4. The van der Waals surface area contributed by atoms with Crippen LogP contribution in [0, 0.1) is 0 Å². The van der Waals surface area contributed by atoms with E-state index < -0.39 is 0 Å². The van der Waals surface area contributed by atoms with Crippen LogP contribution in [0.15, 0.2) is 66.6 Å². The predicted molar refractivity (Wildman–Crippen MR) is 109 cm³/mol. The van der Waals surface area contributed by atoms with Gasteiger partial charge in [-0.25, -0.2) is 0 Å². The Hall–Kier alpha value is -2.73. The number of carbonyl (C=O) groups is 1. The third-order valence-corrected chi connectivity index (χ3v) is 5.17. The number of benzene rings is 1. The van der Waals surface area contributed by atoms with Gasteiger partial charge in [0.1, 0.15) is 0 Å². The van der Waals surface area contributed by atoms with Gasteiger partial charge in [0.2, 0.25) is 0 Å². The molecule has 0 N–H and O–H groups in total. The Bertz CT molecular complexity index is 917. The topological polar surface area (TPSA) is 60.7 Å². The minimum absolute atomic E-state index is 0.0777. The fraction of sp³-hybridized carbons (Fsp3) is 0.238. The van der Waals surface area contributed by atoms with Gasteiger partial charge in [0.25, 0.3) is 0 Å². The van der Waals surface area contributed by atoms with Crippen molar-refractivity contribution >= 4 is 17.5 Å². The second-order valence-corrected chi connectivity index (χ2v) is 7.37. The summed E-state index contributed by atoms with van der Waals surface area (Å²) >= 11 is 1.39. The highest BCUT2D eigenvalue weighted by Crippen LogP contribution is 2.24. The molecule has 3 rings (SSSR count). The number of hydrogen-bond donors (Lipinski definition) is 0. The van der Waals surface area contributed by atoms with Gasteiger partial charge >= 0.3 is 0 Å². The quantitative estimate of drug-likeness (QED) is 0.325. The lowest BCUT2D eigenvalue weighted by Crippen LogP contribution is -2.05. The molecule has 0 amide bonds. The largest absolute Gasteiger partial charge is 0.298 e. The summed E-state index contributed by atoms with van der Waals surface area (Å²) < 4.78 is 1.96. The SMILES string of the molecule is C=CCn1c(SCC(=O)c2ccc(C(C)C)cc2)nnc1-c1ccncc1. The summed E-state index contributed by atoms with van der Waals surface area (Å²) in [6, 6.07) is 11.6. The highest BCUT2D eigenvalue weighted by atomic mass is 32.2. The van der Waals surface area contributed by atoms with Crippen molar-refractivity contribution in [3.63, 3.8) is 0 Å². The summed E-state index contributed by atoms with van der Waals surface area (Å²) in [5.41, 5.74) is 2.88. The summed E-state index contributed by atoms with van der Waals surface area (Å²) in [5.74, 6) is 1.59. The number of pyridine rings is 1. The Morgan fingerprint density at radius 2 is 1.85 bits per heavy atom. The highest BCUT2D eigenvalue weighted by Gasteiger charge is 2.15. The van der Waals surface area contributed by atoms with Crippen molar-refractivity contribution in [1.29, 1.82) is 0 Å². The van der Waals surface area contributed by atoms with E-state index in [9.17, 15) is 4.79 Å². The van der Waals surface area contributed by atoms with Crippen LogP contribution in [0.2, 0.25) is 0 Å². The molecule has 5 nitrogen and oxygen atoms in total. The van der Waals surface area contributed by atoms with Crippen molar-refractivity contribution < 1.29 is 4.79 Å². The molecule has 138 valence electrons. The van der Waals surface area contributed by atoms with Crippen LogP contribution in [0.5, 0.6) is 0 Å². The molecule has 0 unspecified atom stereocenters. The van der Waals surface area contributed by atoms with Gasteiger partial charge in [-0.15, -0.1) is 16.8 Å². The van der Waals surface area contributed by atoms with E-state index in [1.807, 2.05) is 41.0 Å². The van der Waals surface area contributed by atoms with Crippen LogP contribution >= 0.6 is 11.8 Å². The van der Waals surface area contributed by atoms with Crippen LogP contribution in [0.25, 0.3) is 11.4 Å². The second kappa shape index (κ2) is 8.77. The van der Waals surface area contributed by atoms with Gasteiger partial charge in [-0.2, -0.15) is 0 Å². The van der Waals surface area contributed by atoms with Gasteiger partial charge in [0.15, 0.2) is 16.8 Å². The summed E-state index contributed by atoms with van der Waals surface area (Å²) in [5, 5.41) is 9.26. The first-order chi connectivity index (χ1) is 13.1. The highest BCUT2D eigenvalue weighted by molar-refractivity contribution is 7.99. The van der Waals surface area contributed by atoms with E-state index in [2.05, 4.69) is 35.6 Å². The molecule has 0 saturated carbocycles. The van der Waals surface area contributed by atoms with Crippen LogP contribution in [-0.4, -0.2) is 31.3 Å². The standard InChI is InChI=1S/C21H22N4OS/c1-4-13-25-20(18-9-11-22-12-10-18)23-24-21(25)27-14-19(26)17-7-5-16(6-8-17)15(2)3/h4-12,15H,1,13-14H2,2-3H3. The van der Waals surface area contributed by atoms with E-state index in [1.54, 1.807) is 18.5 Å². The maximum Gasteiger partial charge on any atom is 0.192 e. The third kappa shape index (κ3) is 4.52. The monoisotopic (exact) mass is 378 g/mol. The normalized spacial score (nSPS) is 10.9. The van der Waals surface area contributed by atoms with Crippen molar-refractivity contribution in [3.8, 4) is 11.4 Å². The molecule has 0 bridgehead atoms. The Labute approximate surface area is 163 Å². The molecular weight excluding hydrogens is 356 g/mol. The number of Topliss-reactive ketones (excluding diaryl/α,β-unsaturated/α-hetero) is 1. The lowest BCUT2D eigenvalue weighted by atomic mass is 10.0. The Morgan fingerprint density at radius 3 is 2.48 bits per heavy atom. The predicted octanol–water partition coefficient (Wildman–Crippen LogP) is 4.62. The fourth-order valence-electron chi connectivity index (χ4n) is 2.67. The van der Waals surface area contributed by atoms with Crippen molar-refractivity contribution in [2.45, 2.75) is 31.5 Å². The molecule has 0 fully saturated rings. The molecule has 2 aromatic heterocycles. The zero-order chi connectivity index (χ0) is 19.2. The van der Waals surface area contributed by atoms with Crippen LogP contribution in [0.4, 0.5) is 0 Å². The molecule has 0 aliphatic carbocycles. The minimum atomic E-state index is 0.0777. The van der Waals surface area contributed by atoms with Gasteiger partial charge in [-0.3, -0.25) is 14.3 Å². The van der Waals surface area contributed by atoms with Gasteiger partial charge in [0.05, 0.1) is 5.75 Å². The van der Waals surface area contributed by atoms with E-state index in [4.69, 9.17) is 0 Å². The Morgan fingerprint density at radius 1 is 1.15 bits per heavy atom. The van der Waals surface area contributed by atoms with Gasteiger partial charge in [0, 0.05) is 30.1 Å². The van der Waals surface area contributed by atoms with Crippen LogP contribution in [0.1, 0.15) is 35.7 Å². The zero-order valence-electron chi connectivity index (χ0n) is 15.5. The molecule has 0 spiro atoms. The number of rotatable bonds is 8. The Balaban J connectivity index is 1.74. The van der Waals surface area contributed by atoms with E-state index >= 15 is 0 Å².